The Morgan fingerprint density at radius 2 is 2.33 bits per heavy atom. The highest BCUT2D eigenvalue weighted by molar-refractivity contribution is 5.48. The van der Waals surface area contributed by atoms with Gasteiger partial charge in [0.15, 0.2) is 0 Å². The van der Waals surface area contributed by atoms with Gasteiger partial charge in [-0.2, -0.15) is 5.26 Å². The molecular formula is C15H19N3. The highest BCUT2D eigenvalue weighted by atomic mass is 15.1. The molecule has 0 spiro atoms. The molecule has 1 heterocycles. The number of hydrogen-bond acceptors (Lipinski definition) is 3. The minimum atomic E-state index is 0.507. The Morgan fingerprint density at radius 3 is 3.00 bits per heavy atom. The van der Waals surface area contributed by atoms with Crippen molar-refractivity contribution in [1.29, 1.82) is 5.26 Å². The maximum absolute atomic E-state index is 8.88. The van der Waals surface area contributed by atoms with Crippen molar-refractivity contribution >= 4 is 5.69 Å². The van der Waals surface area contributed by atoms with Gasteiger partial charge in [0, 0.05) is 25.5 Å². The van der Waals surface area contributed by atoms with Crippen molar-refractivity contribution in [3.63, 3.8) is 0 Å². The SMILES string of the molecule is CN(CC1CC2CCC1C2)c1ccnc(C#N)c1. The lowest BCUT2D eigenvalue weighted by Crippen LogP contribution is -2.28. The van der Waals surface area contributed by atoms with Crippen LogP contribution in [0.4, 0.5) is 5.69 Å². The zero-order valence-corrected chi connectivity index (χ0v) is 10.8. The molecule has 94 valence electrons. The average molecular weight is 241 g/mol. The van der Waals surface area contributed by atoms with Crippen molar-refractivity contribution in [3.05, 3.63) is 24.0 Å². The Labute approximate surface area is 108 Å². The second kappa shape index (κ2) is 4.61. The van der Waals surface area contributed by atoms with Crippen LogP contribution in [0, 0.1) is 29.1 Å². The first kappa shape index (κ1) is 11.5. The van der Waals surface area contributed by atoms with E-state index in [9.17, 15) is 0 Å². The first-order valence-electron chi connectivity index (χ1n) is 6.83. The lowest BCUT2D eigenvalue weighted by Gasteiger charge is -2.28. The predicted octanol–water partition coefficient (Wildman–Crippen LogP) is 2.83. The monoisotopic (exact) mass is 241 g/mol. The van der Waals surface area contributed by atoms with Gasteiger partial charge in [-0.1, -0.05) is 6.42 Å². The van der Waals surface area contributed by atoms with Crippen LogP contribution in [0.3, 0.4) is 0 Å². The Balaban J connectivity index is 1.67. The van der Waals surface area contributed by atoms with E-state index in [1.54, 1.807) is 6.20 Å². The smallest absolute Gasteiger partial charge is 0.142 e. The van der Waals surface area contributed by atoms with Crippen LogP contribution in [0.15, 0.2) is 18.3 Å². The van der Waals surface area contributed by atoms with Gasteiger partial charge < -0.3 is 4.90 Å². The van der Waals surface area contributed by atoms with Crippen LogP contribution >= 0.6 is 0 Å². The fourth-order valence-corrected chi connectivity index (χ4v) is 3.78. The van der Waals surface area contributed by atoms with Gasteiger partial charge in [-0.25, -0.2) is 4.98 Å². The summed E-state index contributed by atoms with van der Waals surface area (Å²) < 4.78 is 0. The maximum atomic E-state index is 8.88. The van der Waals surface area contributed by atoms with E-state index < -0.39 is 0 Å². The standard InChI is InChI=1S/C15H19N3/c1-18(15-4-5-17-14(8-15)9-16)10-13-7-11-2-3-12(13)6-11/h4-5,8,11-13H,2-3,6-7,10H2,1H3. The molecule has 0 N–H and O–H groups in total. The van der Waals surface area contributed by atoms with Crippen LogP contribution < -0.4 is 4.90 Å². The predicted molar refractivity (Wildman–Crippen MR) is 71.2 cm³/mol. The molecule has 2 aliphatic carbocycles. The highest BCUT2D eigenvalue weighted by Crippen LogP contribution is 2.48. The Bertz CT molecular complexity index is 477. The number of rotatable bonds is 3. The molecule has 1 aromatic heterocycles. The van der Waals surface area contributed by atoms with Crippen LogP contribution in [0.5, 0.6) is 0 Å². The number of hydrogen-bond donors (Lipinski definition) is 0. The summed E-state index contributed by atoms with van der Waals surface area (Å²) in [5.74, 6) is 2.81. The Morgan fingerprint density at radius 1 is 1.44 bits per heavy atom. The summed E-state index contributed by atoms with van der Waals surface area (Å²) in [7, 11) is 2.13. The number of nitrogens with zero attached hydrogens (tertiary/aromatic N) is 3. The molecule has 0 amide bonds. The molecule has 2 bridgehead atoms. The van der Waals surface area contributed by atoms with E-state index in [2.05, 4.69) is 23.0 Å². The molecule has 3 rings (SSSR count). The summed E-state index contributed by atoms with van der Waals surface area (Å²) >= 11 is 0. The second-order valence-corrected chi connectivity index (χ2v) is 5.83. The molecule has 3 unspecified atom stereocenters. The third-order valence-electron chi connectivity index (χ3n) is 4.69. The lowest BCUT2D eigenvalue weighted by atomic mass is 9.88. The molecule has 1 aromatic rings. The van der Waals surface area contributed by atoms with Crippen molar-refractivity contribution in [2.45, 2.75) is 25.7 Å². The van der Waals surface area contributed by atoms with E-state index >= 15 is 0 Å². The molecular weight excluding hydrogens is 222 g/mol. The molecule has 2 saturated carbocycles. The summed E-state index contributed by atoms with van der Waals surface area (Å²) in [5.41, 5.74) is 1.62. The van der Waals surface area contributed by atoms with Crippen LogP contribution in [-0.2, 0) is 0 Å². The molecule has 0 saturated heterocycles. The van der Waals surface area contributed by atoms with Gasteiger partial charge in [0.2, 0.25) is 0 Å². The van der Waals surface area contributed by atoms with Gasteiger partial charge in [0.1, 0.15) is 11.8 Å². The number of fused-ring (bicyclic) bond motifs is 2. The summed E-state index contributed by atoms with van der Waals surface area (Å²) in [5, 5.41) is 8.88. The summed E-state index contributed by atoms with van der Waals surface area (Å²) in [6.45, 7) is 1.12. The number of pyridine rings is 1. The molecule has 0 aliphatic heterocycles. The fourth-order valence-electron chi connectivity index (χ4n) is 3.78. The van der Waals surface area contributed by atoms with Gasteiger partial charge in [-0.3, -0.25) is 0 Å². The van der Waals surface area contributed by atoms with E-state index in [1.165, 1.54) is 25.7 Å². The number of nitriles is 1. The topological polar surface area (TPSA) is 39.9 Å². The zero-order valence-electron chi connectivity index (χ0n) is 10.8. The van der Waals surface area contributed by atoms with Crippen LogP contribution in [0.2, 0.25) is 0 Å². The van der Waals surface area contributed by atoms with Crippen LogP contribution in [0.1, 0.15) is 31.4 Å². The van der Waals surface area contributed by atoms with Crippen LogP contribution in [0.25, 0.3) is 0 Å². The Hall–Kier alpha value is -1.56. The molecule has 3 heteroatoms. The third-order valence-corrected chi connectivity index (χ3v) is 4.69. The van der Waals surface area contributed by atoms with Gasteiger partial charge in [-0.15, -0.1) is 0 Å². The summed E-state index contributed by atoms with van der Waals surface area (Å²) in [4.78, 5) is 6.31. The van der Waals surface area contributed by atoms with Crippen LogP contribution in [-0.4, -0.2) is 18.6 Å². The Kier molecular flexibility index (Phi) is 2.95. The van der Waals surface area contributed by atoms with Crippen molar-refractivity contribution in [1.82, 2.24) is 4.98 Å². The third kappa shape index (κ3) is 2.08. The molecule has 2 aliphatic rings. The normalized spacial score (nSPS) is 29.2. The van der Waals surface area contributed by atoms with Gasteiger partial charge in [0.05, 0.1) is 0 Å². The van der Waals surface area contributed by atoms with E-state index in [4.69, 9.17) is 5.26 Å². The minimum Gasteiger partial charge on any atom is -0.374 e. The molecule has 0 radical (unpaired) electrons. The molecule has 0 aromatic carbocycles. The van der Waals surface area contributed by atoms with E-state index in [0.29, 0.717) is 5.69 Å². The number of aromatic nitrogens is 1. The molecule has 18 heavy (non-hydrogen) atoms. The maximum Gasteiger partial charge on any atom is 0.142 e. The van der Waals surface area contributed by atoms with Crippen molar-refractivity contribution in [3.8, 4) is 6.07 Å². The van der Waals surface area contributed by atoms with E-state index in [1.807, 2.05) is 12.1 Å². The molecule has 2 fully saturated rings. The molecule has 3 atom stereocenters. The van der Waals surface area contributed by atoms with Gasteiger partial charge in [0.25, 0.3) is 0 Å². The lowest BCUT2D eigenvalue weighted by molar-refractivity contribution is 0.337. The summed E-state index contributed by atoms with van der Waals surface area (Å²) in [6.07, 6.45) is 7.48. The van der Waals surface area contributed by atoms with E-state index in [0.717, 1.165) is 30.0 Å². The van der Waals surface area contributed by atoms with Crippen molar-refractivity contribution < 1.29 is 0 Å². The minimum absolute atomic E-state index is 0.507. The first-order valence-corrected chi connectivity index (χ1v) is 6.83. The van der Waals surface area contributed by atoms with Gasteiger partial charge in [-0.05, 0) is 49.1 Å². The summed E-state index contributed by atoms with van der Waals surface area (Å²) in [6, 6.07) is 5.98. The quantitative estimate of drug-likeness (QED) is 0.817. The van der Waals surface area contributed by atoms with E-state index in [-0.39, 0.29) is 0 Å². The zero-order chi connectivity index (χ0) is 12.5. The van der Waals surface area contributed by atoms with Gasteiger partial charge >= 0.3 is 0 Å². The van der Waals surface area contributed by atoms with Crippen molar-refractivity contribution in [2.75, 3.05) is 18.5 Å². The number of anilines is 1. The van der Waals surface area contributed by atoms with Crippen molar-refractivity contribution in [2.24, 2.45) is 17.8 Å². The molecule has 3 nitrogen and oxygen atoms in total. The average Bonchev–Trinajstić information content (AvgIpc) is 3.01. The fraction of sp³-hybridized carbons (Fsp3) is 0.600. The first-order chi connectivity index (χ1) is 8.76. The largest absolute Gasteiger partial charge is 0.374 e. The highest BCUT2D eigenvalue weighted by Gasteiger charge is 2.39. The second-order valence-electron chi connectivity index (χ2n) is 5.83.